The summed E-state index contributed by atoms with van der Waals surface area (Å²) in [5, 5.41) is 10.7. The third kappa shape index (κ3) is 3.70. The summed E-state index contributed by atoms with van der Waals surface area (Å²) in [7, 11) is 0. The van der Waals surface area contributed by atoms with Crippen LogP contribution in [0.3, 0.4) is 0 Å². The summed E-state index contributed by atoms with van der Waals surface area (Å²) < 4.78 is 9.85. The van der Waals surface area contributed by atoms with Crippen LogP contribution in [0.15, 0.2) is 0 Å². The Bertz CT molecular complexity index is 339. The first-order chi connectivity index (χ1) is 9.35. The van der Waals surface area contributed by atoms with Crippen LogP contribution >= 0.6 is 0 Å². The number of carbonyl (C=O) groups excluding carboxylic acids is 2. The van der Waals surface area contributed by atoms with E-state index in [0.29, 0.717) is 13.0 Å². The van der Waals surface area contributed by atoms with Crippen molar-refractivity contribution >= 4 is 11.9 Å². The van der Waals surface area contributed by atoms with Gasteiger partial charge in [-0.25, -0.2) is 0 Å². The summed E-state index contributed by atoms with van der Waals surface area (Å²) in [4.78, 5) is 26.1. The normalized spacial score (nSPS) is 23.4. The summed E-state index contributed by atoms with van der Waals surface area (Å²) in [6.07, 6.45) is 0.355. The molecule has 0 saturated carbocycles. The third-order valence-electron chi connectivity index (χ3n) is 3.62. The van der Waals surface area contributed by atoms with Crippen LogP contribution < -0.4 is 0 Å². The van der Waals surface area contributed by atoms with E-state index >= 15 is 0 Å². The maximum atomic E-state index is 12.0. The van der Waals surface area contributed by atoms with Crippen LogP contribution in [0.1, 0.15) is 34.1 Å². The SMILES string of the molecule is CCOC(=O)C(C(=O)OCC)C1(O)CCN(C(C)C)C1. The van der Waals surface area contributed by atoms with Crippen LogP contribution in [-0.2, 0) is 19.1 Å². The molecule has 0 aromatic rings. The smallest absolute Gasteiger partial charge is 0.323 e. The fourth-order valence-corrected chi connectivity index (χ4v) is 2.51. The topological polar surface area (TPSA) is 76.1 Å². The zero-order valence-corrected chi connectivity index (χ0v) is 12.7. The number of hydrogen-bond donors (Lipinski definition) is 1. The largest absolute Gasteiger partial charge is 0.465 e. The van der Waals surface area contributed by atoms with Gasteiger partial charge in [0.25, 0.3) is 0 Å². The lowest BCUT2D eigenvalue weighted by atomic mass is 9.86. The summed E-state index contributed by atoms with van der Waals surface area (Å²) >= 11 is 0. The van der Waals surface area contributed by atoms with Crippen molar-refractivity contribution in [2.24, 2.45) is 5.92 Å². The van der Waals surface area contributed by atoms with E-state index in [1.165, 1.54) is 0 Å². The molecule has 0 radical (unpaired) electrons. The standard InChI is InChI=1S/C14H25NO5/c1-5-19-12(16)11(13(17)20-6-2)14(18)7-8-15(9-14)10(3)4/h10-11,18H,5-9H2,1-4H3. The lowest BCUT2D eigenvalue weighted by Crippen LogP contribution is -2.50. The quantitative estimate of drug-likeness (QED) is 0.569. The predicted octanol–water partition coefficient (Wildman–Crippen LogP) is 0.574. The van der Waals surface area contributed by atoms with Crippen LogP contribution in [0.2, 0.25) is 0 Å². The molecule has 116 valence electrons. The number of β-amino-alcohol motifs (C(OH)–C–C–N with tert-alkyl or cyclic N) is 1. The molecular weight excluding hydrogens is 262 g/mol. The molecule has 1 atom stereocenters. The highest BCUT2D eigenvalue weighted by atomic mass is 16.6. The first-order valence-corrected chi connectivity index (χ1v) is 7.15. The lowest BCUT2D eigenvalue weighted by molar-refractivity contribution is -0.173. The van der Waals surface area contributed by atoms with Gasteiger partial charge in [0.15, 0.2) is 5.92 Å². The maximum Gasteiger partial charge on any atom is 0.323 e. The second kappa shape index (κ2) is 7.04. The Labute approximate surface area is 120 Å². The van der Waals surface area contributed by atoms with Crippen molar-refractivity contribution in [2.75, 3.05) is 26.3 Å². The molecule has 0 amide bonds. The van der Waals surface area contributed by atoms with E-state index < -0.39 is 23.5 Å². The van der Waals surface area contributed by atoms with E-state index in [4.69, 9.17) is 9.47 Å². The Hall–Kier alpha value is -1.14. The van der Waals surface area contributed by atoms with Gasteiger partial charge in [-0.1, -0.05) is 0 Å². The van der Waals surface area contributed by atoms with Gasteiger partial charge in [-0.05, 0) is 34.1 Å². The first kappa shape index (κ1) is 16.9. The number of rotatable bonds is 6. The summed E-state index contributed by atoms with van der Waals surface area (Å²) in [5.41, 5.74) is -1.41. The van der Waals surface area contributed by atoms with E-state index in [2.05, 4.69) is 0 Å². The van der Waals surface area contributed by atoms with Gasteiger partial charge >= 0.3 is 11.9 Å². The molecule has 1 aliphatic heterocycles. The third-order valence-corrected chi connectivity index (χ3v) is 3.62. The average Bonchev–Trinajstić information content (AvgIpc) is 2.73. The Morgan fingerprint density at radius 1 is 1.20 bits per heavy atom. The maximum absolute atomic E-state index is 12.0. The van der Waals surface area contributed by atoms with Crippen molar-refractivity contribution < 1.29 is 24.2 Å². The molecule has 20 heavy (non-hydrogen) atoms. The molecule has 0 aromatic heterocycles. The van der Waals surface area contributed by atoms with E-state index in [9.17, 15) is 14.7 Å². The minimum atomic E-state index is -1.41. The van der Waals surface area contributed by atoms with E-state index in [1.807, 2.05) is 18.7 Å². The molecule has 0 aromatic carbocycles. The van der Waals surface area contributed by atoms with Crippen molar-refractivity contribution in [1.82, 2.24) is 4.90 Å². The molecule has 6 heteroatoms. The van der Waals surface area contributed by atoms with Crippen LogP contribution in [0, 0.1) is 5.92 Å². The Morgan fingerprint density at radius 2 is 1.70 bits per heavy atom. The van der Waals surface area contributed by atoms with Crippen molar-refractivity contribution in [3.63, 3.8) is 0 Å². The number of esters is 2. The van der Waals surface area contributed by atoms with Gasteiger partial charge in [0.2, 0.25) is 0 Å². The predicted molar refractivity (Wildman–Crippen MR) is 73.0 cm³/mol. The van der Waals surface area contributed by atoms with Gasteiger partial charge in [-0.3, -0.25) is 14.5 Å². The van der Waals surface area contributed by atoms with Gasteiger partial charge < -0.3 is 14.6 Å². The molecule has 1 saturated heterocycles. The number of ether oxygens (including phenoxy) is 2. The molecule has 6 nitrogen and oxygen atoms in total. The first-order valence-electron chi connectivity index (χ1n) is 7.15. The van der Waals surface area contributed by atoms with Gasteiger partial charge in [0.05, 0.1) is 13.2 Å². The molecule has 1 rings (SSSR count). The number of hydrogen-bond acceptors (Lipinski definition) is 6. The Kier molecular flexibility index (Phi) is 5.95. The lowest BCUT2D eigenvalue weighted by Gasteiger charge is -2.30. The fraction of sp³-hybridized carbons (Fsp3) is 0.857. The minimum Gasteiger partial charge on any atom is -0.465 e. The molecule has 1 heterocycles. The molecule has 1 fully saturated rings. The molecule has 1 N–H and O–H groups in total. The average molecular weight is 287 g/mol. The Morgan fingerprint density at radius 3 is 2.05 bits per heavy atom. The highest BCUT2D eigenvalue weighted by molar-refractivity contribution is 5.96. The summed E-state index contributed by atoms with van der Waals surface area (Å²) in [5.74, 6) is -2.69. The second-order valence-corrected chi connectivity index (χ2v) is 5.35. The second-order valence-electron chi connectivity index (χ2n) is 5.35. The number of aliphatic hydroxyl groups is 1. The van der Waals surface area contributed by atoms with E-state index in [-0.39, 0.29) is 25.8 Å². The van der Waals surface area contributed by atoms with Crippen molar-refractivity contribution in [3.8, 4) is 0 Å². The number of likely N-dealkylation sites (tertiary alicyclic amines) is 1. The van der Waals surface area contributed by atoms with E-state index in [1.54, 1.807) is 13.8 Å². The van der Waals surface area contributed by atoms with Crippen molar-refractivity contribution in [1.29, 1.82) is 0 Å². The summed E-state index contributed by atoms with van der Waals surface area (Å²) in [6, 6.07) is 0.245. The monoisotopic (exact) mass is 287 g/mol. The molecule has 0 bridgehead atoms. The molecule has 0 aliphatic carbocycles. The van der Waals surface area contributed by atoms with Crippen LogP contribution in [0.4, 0.5) is 0 Å². The zero-order chi connectivity index (χ0) is 15.3. The van der Waals surface area contributed by atoms with Gasteiger partial charge in [0.1, 0.15) is 5.60 Å². The summed E-state index contributed by atoms with van der Waals surface area (Å²) in [6.45, 7) is 8.59. The highest BCUT2D eigenvalue weighted by Gasteiger charge is 2.52. The van der Waals surface area contributed by atoms with Crippen LogP contribution in [-0.4, -0.2) is 59.9 Å². The van der Waals surface area contributed by atoms with Gasteiger partial charge in [0, 0.05) is 19.1 Å². The van der Waals surface area contributed by atoms with Gasteiger partial charge in [-0.2, -0.15) is 0 Å². The molecule has 1 aliphatic rings. The number of nitrogens with zero attached hydrogens (tertiary/aromatic N) is 1. The highest BCUT2D eigenvalue weighted by Crippen LogP contribution is 2.32. The van der Waals surface area contributed by atoms with Crippen molar-refractivity contribution in [2.45, 2.75) is 45.8 Å². The Balaban J connectivity index is 2.92. The zero-order valence-electron chi connectivity index (χ0n) is 12.7. The van der Waals surface area contributed by atoms with Crippen LogP contribution in [0.25, 0.3) is 0 Å². The minimum absolute atomic E-state index is 0.165. The number of carbonyl (C=O) groups is 2. The van der Waals surface area contributed by atoms with Crippen molar-refractivity contribution in [3.05, 3.63) is 0 Å². The molecule has 1 unspecified atom stereocenters. The fourth-order valence-electron chi connectivity index (χ4n) is 2.51. The molecule has 0 spiro atoms. The van der Waals surface area contributed by atoms with Crippen LogP contribution in [0.5, 0.6) is 0 Å². The van der Waals surface area contributed by atoms with Gasteiger partial charge in [-0.15, -0.1) is 0 Å². The molecular formula is C14H25NO5. The van der Waals surface area contributed by atoms with E-state index in [0.717, 1.165) is 0 Å².